The third-order valence-electron chi connectivity index (χ3n) is 3.67. The largest absolute Gasteiger partial charge is 0.289 e. The minimum atomic E-state index is -0.520. The molecule has 0 radical (unpaired) electrons. The van der Waals surface area contributed by atoms with E-state index >= 15 is 0 Å². The molecule has 0 aliphatic heterocycles. The summed E-state index contributed by atoms with van der Waals surface area (Å²) >= 11 is 4.39. The monoisotopic (exact) mass is 623 g/mol. The highest BCUT2D eigenvalue weighted by Gasteiger charge is 2.11. The molecule has 1 aromatic heterocycles. The molecule has 0 spiro atoms. The van der Waals surface area contributed by atoms with E-state index in [0.717, 1.165) is 18.3 Å². The van der Waals surface area contributed by atoms with E-state index in [4.69, 9.17) is 0 Å². The summed E-state index contributed by atoms with van der Waals surface area (Å²) in [5.41, 5.74) is 6.67. The average Bonchev–Trinajstić information content (AvgIpc) is 2.74. The zero-order valence-electron chi connectivity index (χ0n) is 15.4. The van der Waals surface area contributed by atoms with Crippen LogP contribution in [0.25, 0.3) is 0 Å². The Labute approximate surface area is 200 Å². The van der Waals surface area contributed by atoms with Crippen molar-refractivity contribution in [2.24, 2.45) is 10.2 Å². The number of rotatable bonds is 6. The number of halogens is 2. The molecule has 2 N–H and O–H groups in total. The van der Waals surface area contributed by atoms with E-state index < -0.39 is 11.8 Å². The summed E-state index contributed by atoms with van der Waals surface area (Å²) in [7, 11) is 0. The van der Waals surface area contributed by atoms with E-state index in [9.17, 15) is 9.59 Å². The Bertz CT molecular complexity index is 1050. The molecule has 2 amide bonds. The van der Waals surface area contributed by atoms with Gasteiger partial charge in [-0.25, -0.2) is 15.8 Å². The van der Waals surface area contributed by atoms with Gasteiger partial charge in [0.2, 0.25) is 0 Å². The van der Waals surface area contributed by atoms with Crippen LogP contribution in [0.3, 0.4) is 0 Å². The van der Waals surface area contributed by atoms with Crippen LogP contribution in [0, 0.1) is 7.14 Å². The van der Waals surface area contributed by atoms with Crippen LogP contribution < -0.4 is 10.9 Å². The van der Waals surface area contributed by atoms with Gasteiger partial charge in [0.05, 0.1) is 12.4 Å². The molecule has 0 unspecified atom stereocenters. The van der Waals surface area contributed by atoms with E-state index in [1.807, 2.05) is 48.5 Å². The molecule has 150 valence electrons. The lowest BCUT2D eigenvalue weighted by atomic mass is 10.2. The molecule has 2 aromatic carbocycles. The zero-order chi connectivity index (χ0) is 21.3. The number of hydrogen-bond donors (Lipinski definition) is 2. The number of aromatic nitrogens is 1. The lowest BCUT2D eigenvalue weighted by Crippen LogP contribution is -2.23. The van der Waals surface area contributed by atoms with E-state index in [-0.39, 0.29) is 11.4 Å². The minimum absolute atomic E-state index is 0.0732. The van der Waals surface area contributed by atoms with E-state index in [0.29, 0.717) is 0 Å². The van der Waals surface area contributed by atoms with Crippen LogP contribution in [-0.4, -0.2) is 29.2 Å². The quantitative estimate of drug-likeness (QED) is 0.249. The molecule has 0 fully saturated rings. The van der Waals surface area contributed by atoms with Crippen LogP contribution in [0.2, 0.25) is 0 Å². The Morgan fingerprint density at radius 1 is 0.733 bits per heavy atom. The van der Waals surface area contributed by atoms with E-state index in [2.05, 4.69) is 71.2 Å². The summed E-state index contributed by atoms with van der Waals surface area (Å²) in [5, 5.41) is 7.86. The van der Waals surface area contributed by atoms with Crippen molar-refractivity contribution in [2.75, 3.05) is 0 Å². The molecule has 0 saturated heterocycles. The van der Waals surface area contributed by atoms with E-state index in [1.54, 1.807) is 6.07 Å². The molecule has 0 aliphatic rings. The Kier molecular flexibility index (Phi) is 8.02. The van der Waals surface area contributed by atoms with Gasteiger partial charge in [-0.2, -0.15) is 10.2 Å². The summed E-state index contributed by atoms with van der Waals surface area (Å²) < 4.78 is 2.13. The second-order valence-electron chi connectivity index (χ2n) is 5.92. The number of carbonyl (C=O) groups excluding carboxylic acids is 2. The fourth-order valence-corrected chi connectivity index (χ4v) is 3.44. The Morgan fingerprint density at radius 2 is 1.17 bits per heavy atom. The van der Waals surface area contributed by atoms with Gasteiger partial charge in [-0.1, -0.05) is 30.3 Å². The summed E-state index contributed by atoms with van der Waals surface area (Å²) in [6, 6.07) is 19.9. The van der Waals surface area contributed by atoms with Crippen molar-refractivity contribution in [3.8, 4) is 0 Å². The SMILES string of the molecule is O=C(NN=Cc1cccc(I)c1)c1cccc(C(=O)NN=Cc2cccc(I)c2)n1. The highest BCUT2D eigenvalue weighted by molar-refractivity contribution is 14.1. The first-order chi connectivity index (χ1) is 14.5. The number of hydrazone groups is 2. The van der Waals surface area contributed by atoms with E-state index in [1.165, 1.54) is 24.6 Å². The molecule has 7 nitrogen and oxygen atoms in total. The number of benzene rings is 2. The molecule has 0 atom stereocenters. The highest BCUT2D eigenvalue weighted by Crippen LogP contribution is 2.06. The molecule has 3 aromatic rings. The lowest BCUT2D eigenvalue weighted by molar-refractivity contribution is 0.0946. The third kappa shape index (κ3) is 6.69. The molecule has 30 heavy (non-hydrogen) atoms. The maximum Gasteiger partial charge on any atom is 0.289 e. The molecular formula is C21H15I2N5O2. The average molecular weight is 623 g/mol. The standard InChI is InChI=1S/C21H15I2N5O2/c22-16-6-1-4-14(10-16)12-24-27-20(29)18-8-3-9-19(26-18)21(30)28-25-13-15-5-2-7-17(23)11-15/h1-13H,(H,27,29)(H,28,30). The maximum atomic E-state index is 12.3. The number of amides is 2. The van der Waals surface area contributed by atoms with Gasteiger partial charge in [0.25, 0.3) is 11.8 Å². The normalized spacial score (nSPS) is 11.0. The number of nitrogens with one attached hydrogen (secondary N) is 2. The Balaban J connectivity index is 1.60. The van der Waals surface area contributed by atoms with Gasteiger partial charge in [0.15, 0.2) is 0 Å². The van der Waals surface area contributed by atoms with Gasteiger partial charge in [0, 0.05) is 7.14 Å². The van der Waals surface area contributed by atoms with Crippen LogP contribution in [0.4, 0.5) is 0 Å². The maximum absolute atomic E-state index is 12.3. The predicted molar refractivity (Wildman–Crippen MR) is 133 cm³/mol. The molecule has 0 saturated carbocycles. The van der Waals surface area contributed by atoms with Crippen molar-refractivity contribution in [3.05, 3.63) is 96.4 Å². The zero-order valence-corrected chi connectivity index (χ0v) is 19.7. The van der Waals surface area contributed by atoms with Gasteiger partial charge >= 0.3 is 0 Å². The molecule has 0 aliphatic carbocycles. The van der Waals surface area contributed by atoms with Gasteiger partial charge in [-0.05, 0) is 92.7 Å². The Morgan fingerprint density at radius 3 is 1.60 bits per heavy atom. The molecule has 3 rings (SSSR count). The number of hydrogen-bond acceptors (Lipinski definition) is 5. The molecular weight excluding hydrogens is 608 g/mol. The van der Waals surface area contributed by atoms with Crippen LogP contribution in [0.15, 0.2) is 76.9 Å². The second-order valence-corrected chi connectivity index (χ2v) is 8.41. The first-order valence-corrected chi connectivity index (χ1v) is 10.8. The summed E-state index contributed by atoms with van der Waals surface area (Å²) in [6.45, 7) is 0. The van der Waals surface area contributed by atoms with Crippen molar-refractivity contribution in [3.63, 3.8) is 0 Å². The fraction of sp³-hybridized carbons (Fsp3) is 0. The van der Waals surface area contributed by atoms with Crippen molar-refractivity contribution in [1.82, 2.24) is 15.8 Å². The number of nitrogens with zero attached hydrogens (tertiary/aromatic N) is 3. The molecule has 9 heteroatoms. The van der Waals surface area contributed by atoms with Crippen molar-refractivity contribution in [1.29, 1.82) is 0 Å². The fourth-order valence-electron chi connectivity index (χ4n) is 2.31. The first-order valence-electron chi connectivity index (χ1n) is 8.66. The molecule has 0 bridgehead atoms. The summed E-state index contributed by atoms with van der Waals surface area (Å²) in [5.74, 6) is -1.04. The van der Waals surface area contributed by atoms with Crippen molar-refractivity contribution >= 4 is 69.4 Å². The number of carbonyl (C=O) groups is 2. The minimum Gasteiger partial charge on any atom is -0.266 e. The molecule has 1 heterocycles. The van der Waals surface area contributed by atoms with Crippen LogP contribution in [0.5, 0.6) is 0 Å². The van der Waals surface area contributed by atoms with Gasteiger partial charge < -0.3 is 0 Å². The smallest absolute Gasteiger partial charge is 0.266 e. The highest BCUT2D eigenvalue weighted by atomic mass is 127. The van der Waals surface area contributed by atoms with Gasteiger partial charge in [-0.3, -0.25) is 9.59 Å². The first kappa shape index (κ1) is 22.0. The topological polar surface area (TPSA) is 95.8 Å². The second kappa shape index (κ2) is 10.9. The number of pyridine rings is 1. The van der Waals surface area contributed by atoms with Crippen LogP contribution in [0.1, 0.15) is 32.1 Å². The summed E-state index contributed by atoms with van der Waals surface area (Å²) in [6.07, 6.45) is 3.08. The van der Waals surface area contributed by atoms with Crippen molar-refractivity contribution < 1.29 is 9.59 Å². The summed E-state index contributed by atoms with van der Waals surface area (Å²) in [4.78, 5) is 28.6. The van der Waals surface area contributed by atoms with Crippen LogP contribution >= 0.6 is 45.2 Å². The lowest BCUT2D eigenvalue weighted by Gasteiger charge is -2.03. The third-order valence-corrected chi connectivity index (χ3v) is 5.01. The van der Waals surface area contributed by atoms with Crippen LogP contribution in [-0.2, 0) is 0 Å². The Hall–Kier alpha value is -2.67. The van der Waals surface area contributed by atoms with Crippen molar-refractivity contribution in [2.45, 2.75) is 0 Å². The predicted octanol–water partition coefficient (Wildman–Crippen LogP) is 3.82. The van der Waals surface area contributed by atoms with Gasteiger partial charge in [0.1, 0.15) is 11.4 Å². The van der Waals surface area contributed by atoms with Gasteiger partial charge in [-0.15, -0.1) is 0 Å².